The van der Waals surface area contributed by atoms with E-state index in [1.54, 1.807) is 5.56 Å². The van der Waals surface area contributed by atoms with Crippen LogP contribution in [0.5, 0.6) is 0 Å². The molecule has 1 saturated carbocycles. The number of nitrogens with one attached hydrogen (secondary N) is 1. The first-order valence-corrected chi connectivity index (χ1v) is 6.44. The van der Waals surface area contributed by atoms with Gasteiger partial charge in [-0.05, 0) is 38.4 Å². The molecule has 3 heteroatoms. The van der Waals surface area contributed by atoms with E-state index in [4.69, 9.17) is 4.74 Å². The van der Waals surface area contributed by atoms with Crippen LogP contribution in [0.25, 0.3) is 0 Å². The molecule has 3 rings (SSSR count). The van der Waals surface area contributed by atoms with Gasteiger partial charge < -0.3 is 10.1 Å². The average Bonchev–Trinajstić information content (AvgIpc) is 2.87. The lowest BCUT2D eigenvalue weighted by atomic mass is 9.93. The fourth-order valence-corrected chi connectivity index (χ4v) is 3.69. The van der Waals surface area contributed by atoms with Crippen LogP contribution in [0, 0.1) is 6.92 Å². The van der Waals surface area contributed by atoms with Gasteiger partial charge in [0, 0.05) is 21.7 Å². The van der Waals surface area contributed by atoms with Crippen LogP contribution < -0.4 is 5.32 Å². The fourth-order valence-electron chi connectivity index (χ4n) is 2.50. The van der Waals surface area contributed by atoms with Crippen LogP contribution in [0.3, 0.4) is 0 Å². The standard InChI is InChI=1S/C12H17NOS/c1-8-5-9-11(15-8)10(6-13-2)14-7-12(9)3-4-12/h5,10,13H,3-4,6-7H2,1-2H3/t10-/m0/s1. The number of hydrogen-bond acceptors (Lipinski definition) is 3. The summed E-state index contributed by atoms with van der Waals surface area (Å²) >= 11 is 1.92. The van der Waals surface area contributed by atoms with Crippen LogP contribution >= 0.6 is 11.3 Å². The van der Waals surface area contributed by atoms with Gasteiger partial charge in [0.1, 0.15) is 6.10 Å². The first kappa shape index (κ1) is 9.82. The van der Waals surface area contributed by atoms with Crippen LogP contribution in [0.4, 0.5) is 0 Å². The van der Waals surface area contributed by atoms with E-state index in [1.165, 1.54) is 22.6 Å². The molecule has 1 atom stereocenters. The van der Waals surface area contributed by atoms with Crippen LogP contribution in [-0.4, -0.2) is 20.2 Å². The number of ether oxygens (including phenoxy) is 1. The molecule has 1 fully saturated rings. The minimum atomic E-state index is 0.287. The zero-order chi connectivity index (χ0) is 10.5. The Morgan fingerprint density at radius 1 is 1.60 bits per heavy atom. The molecule has 2 aliphatic rings. The molecule has 82 valence electrons. The second kappa shape index (κ2) is 3.30. The molecule has 1 N–H and O–H groups in total. The summed E-state index contributed by atoms with van der Waals surface area (Å²) in [7, 11) is 1.99. The molecule has 0 bridgehead atoms. The third-order valence-electron chi connectivity index (χ3n) is 3.55. The van der Waals surface area contributed by atoms with Gasteiger partial charge >= 0.3 is 0 Å². The minimum absolute atomic E-state index is 0.287. The zero-order valence-electron chi connectivity index (χ0n) is 9.30. The fraction of sp³-hybridized carbons (Fsp3) is 0.667. The molecule has 0 aromatic carbocycles. The Morgan fingerprint density at radius 2 is 2.40 bits per heavy atom. The Kier molecular flexibility index (Phi) is 2.16. The number of fused-ring (bicyclic) bond motifs is 2. The predicted octanol–water partition coefficient (Wildman–Crippen LogP) is 2.38. The van der Waals surface area contributed by atoms with Crippen LogP contribution in [0.15, 0.2) is 6.07 Å². The van der Waals surface area contributed by atoms with Crippen molar-refractivity contribution in [1.29, 1.82) is 0 Å². The molecule has 0 radical (unpaired) electrons. The summed E-state index contributed by atoms with van der Waals surface area (Å²) in [5.41, 5.74) is 2.01. The highest BCUT2D eigenvalue weighted by atomic mass is 32.1. The van der Waals surface area contributed by atoms with Gasteiger partial charge in [0.05, 0.1) is 6.61 Å². The molecule has 1 spiro atoms. The van der Waals surface area contributed by atoms with Crippen LogP contribution in [0.1, 0.15) is 34.3 Å². The lowest BCUT2D eigenvalue weighted by Gasteiger charge is -2.29. The van der Waals surface area contributed by atoms with E-state index in [1.807, 2.05) is 18.4 Å². The van der Waals surface area contributed by atoms with Crippen molar-refractivity contribution in [2.75, 3.05) is 20.2 Å². The highest BCUT2D eigenvalue weighted by Gasteiger charge is 2.50. The molecule has 2 heterocycles. The van der Waals surface area contributed by atoms with Crippen molar-refractivity contribution in [1.82, 2.24) is 5.32 Å². The summed E-state index contributed by atoms with van der Waals surface area (Å²) in [6.07, 6.45) is 2.93. The largest absolute Gasteiger partial charge is 0.370 e. The lowest BCUT2D eigenvalue weighted by Crippen LogP contribution is -2.29. The third kappa shape index (κ3) is 1.45. The van der Waals surface area contributed by atoms with Gasteiger partial charge in [-0.3, -0.25) is 0 Å². The summed E-state index contributed by atoms with van der Waals surface area (Å²) in [5.74, 6) is 0. The minimum Gasteiger partial charge on any atom is -0.370 e. The second-order valence-corrected chi connectivity index (χ2v) is 6.06. The highest BCUT2D eigenvalue weighted by Crippen LogP contribution is 2.55. The number of likely N-dealkylation sites (N-methyl/N-ethyl adjacent to an activating group) is 1. The van der Waals surface area contributed by atoms with Gasteiger partial charge in [-0.2, -0.15) is 0 Å². The highest BCUT2D eigenvalue weighted by molar-refractivity contribution is 7.12. The number of aryl methyl sites for hydroxylation is 1. The van der Waals surface area contributed by atoms with Crippen molar-refractivity contribution in [3.63, 3.8) is 0 Å². The number of hydrogen-bond donors (Lipinski definition) is 1. The molecule has 15 heavy (non-hydrogen) atoms. The third-order valence-corrected chi connectivity index (χ3v) is 4.69. The summed E-state index contributed by atoms with van der Waals surface area (Å²) in [6.45, 7) is 4.07. The van der Waals surface area contributed by atoms with Gasteiger partial charge in [0.25, 0.3) is 0 Å². The SMILES string of the molecule is CNC[C@@H]1OCC2(CC2)c2cc(C)sc21. The Labute approximate surface area is 94.6 Å². The van der Waals surface area contributed by atoms with Gasteiger partial charge in [-0.15, -0.1) is 11.3 Å². The molecular formula is C12H17NOS. The maximum atomic E-state index is 5.98. The molecule has 1 aromatic heterocycles. The molecule has 2 nitrogen and oxygen atoms in total. The van der Waals surface area contributed by atoms with Gasteiger partial charge in [0.15, 0.2) is 0 Å². The van der Waals surface area contributed by atoms with Crippen LogP contribution in [-0.2, 0) is 10.2 Å². The number of rotatable bonds is 2. The van der Waals surface area contributed by atoms with E-state index in [2.05, 4.69) is 18.3 Å². The maximum absolute atomic E-state index is 5.98. The van der Waals surface area contributed by atoms with Crippen molar-refractivity contribution in [2.24, 2.45) is 0 Å². The van der Waals surface area contributed by atoms with E-state index in [0.29, 0.717) is 5.41 Å². The first-order chi connectivity index (χ1) is 7.25. The first-order valence-electron chi connectivity index (χ1n) is 5.62. The summed E-state index contributed by atoms with van der Waals surface area (Å²) < 4.78 is 5.98. The van der Waals surface area contributed by atoms with Gasteiger partial charge in [0.2, 0.25) is 0 Å². The van der Waals surface area contributed by atoms with Gasteiger partial charge in [-0.1, -0.05) is 0 Å². The smallest absolute Gasteiger partial charge is 0.104 e. The summed E-state index contributed by atoms with van der Waals surface area (Å²) in [6, 6.07) is 2.39. The molecular weight excluding hydrogens is 206 g/mol. The topological polar surface area (TPSA) is 21.3 Å². The maximum Gasteiger partial charge on any atom is 0.104 e. The van der Waals surface area contributed by atoms with E-state index in [9.17, 15) is 0 Å². The van der Waals surface area contributed by atoms with Crippen molar-refractivity contribution in [2.45, 2.75) is 31.3 Å². The Balaban J connectivity index is 2.00. The average molecular weight is 223 g/mol. The van der Waals surface area contributed by atoms with E-state index in [0.717, 1.165) is 13.2 Å². The molecule has 1 aliphatic carbocycles. The Bertz CT molecular complexity index is 381. The normalized spacial score (nSPS) is 26.7. The second-order valence-electron chi connectivity index (χ2n) is 4.77. The Hall–Kier alpha value is -0.380. The monoisotopic (exact) mass is 223 g/mol. The van der Waals surface area contributed by atoms with Crippen molar-refractivity contribution < 1.29 is 4.74 Å². The van der Waals surface area contributed by atoms with Crippen molar-refractivity contribution >= 4 is 11.3 Å². The van der Waals surface area contributed by atoms with E-state index < -0.39 is 0 Å². The predicted molar refractivity (Wildman–Crippen MR) is 62.6 cm³/mol. The quantitative estimate of drug-likeness (QED) is 0.831. The van der Waals surface area contributed by atoms with E-state index >= 15 is 0 Å². The molecule has 0 amide bonds. The van der Waals surface area contributed by atoms with Crippen LogP contribution in [0.2, 0.25) is 0 Å². The Morgan fingerprint density at radius 3 is 3.07 bits per heavy atom. The summed E-state index contributed by atoms with van der Waals surface area (Å²) in [5, 5.41) is 3.22. The molecule has 0 saturated heterocycles. The van der Waals surface area contributed by atoms with Gasteiger partial charge in [-0.25, -0.2) is 0 Å². The molecule has 0 unspecified atom stereocenters. The molecule has 1 aromatic rings. The van der Waals surface area contributed by atoms with Crippen molar-refractivity contribution in [3.8, 4) is 0 Å². The van der Waals surface area contributed by atoms with Crippen molar-refractivity contribution in [3.05, 3.63) is 21.4 Å². The molecule has 1 aliphatic heterocycles. The van der Waals surface area contributed by atoms with E-state index in [-0.39, 0.29) is 6.10 Å². The zero-order valence-corrected chi connectivity index (χ0v) is 10.1. The summed E-state index contributed by atoms with van der Waals surface area (Å²) in [4.78, 5) is 2.91. The lowest BCUT2D eigenvalue weighted by molar-refractivity contribution is 0.0261. The number of thiophene rings is 1.